The van der Waals surface area contributed by atoms with Gasteiger partial charge < -0.3 is 0 Å². The van der Waals surface area contributed by atoms with E-state index in [-0.39, 0.29) is 15.8 Å². The molecule has 0 aliphatic carbocycles. The fourth-order valence-electron chi connectivity index (χ4n) is 4.78. The van der Waals surface area contributed by atoms with E-state index in [9.17, 15) is 0 Å². The Kier molecular flexibility index (Phi) is 9.30. The third kappa shape index (κ3) is 5.52. The van der Waals surface area contributed by atoms with Gasteiger partial charge in [-0.05, 0) is 81.9 Å². The zero-order valence-electron chi connectivity index (χ0n) is 22.9. The van der Waals surface area contributed by atoms with Crippen molar-refractivity contribution < 1.29 is 0 Å². The number of benzene rings is 1. The molecule has 0 atom stereocenters. The van der Waals surface area contributed by atoms with Gasteiger partial charge in [-0.15, -0.1) is 0 Å². The molecule has 0 aliphatic heterocycles. The van der Waals surface area contributed by atoms with Crippen LogP contribution in [0.1, 0.15) is 120 Å². The third-order valence-electron chi connectivity index (χ3n) is 8.03. The lowest BCUT2D eigenvalue weighted by atomic mass is 10.1. The monoisotopic (exact) mass is 450 g/mol. The smallest absolute Gasteiger partial charge is 0.0108 e. The van der Waals surface area contributed by atoms with Gasteiger partial charge in [0.15, 0.2) is 0 Å². The average molecular weight is 451 g/mol. The minimum Gasteiger partial charge on any atom is -0.0645 e. The average Bonchev–Trinajstić information content (AvgIpc) is 2.66. The van der Waals surface area contributed by atoms with Crippen LogP contribution in [0.2, 0.25) is 0 Å². The van der Waals surface area contributed by atoms with E-state index in [1.807, 2.05) is 0 Å². The van der Waals surface area contributed by atoms with E-state index in [4.69, 9.17) is 0 Å². The summed E-state index contributed by atoms with van der Waals surface area (Å²) < 4.78 is 0. The molecule has 0 aliphatic rings. The van der Waals surface area contributed by atoms with Crippen molar-refractivity contribution in [3.05, 3.63) is 23.3 Å². The molecule has 1 aromatic rings. The van der Waals surface area contributed by atoms with Crippen LogP contribution in [0.25, 0.3) is 0 Å². The van der Waals surface area contributed by atoms with Gasteiger partial charge in [0.1, 0.15) is 0 Å². The summed E-state index contributed by atoms with van der Waals surface area (Å²) in [7, 11) is -0.633. The van der Waals surface area contributed by atoms with Crippen LogP contribution < -0.4 is 10.6 Å². The fraction of sp³-hybridized carbons (Fsp3) is 0.786. The Balaban J connectivity index is 4.11. The van der Waals surface area contributed by atoms with E-state index in [1.165, 1.54) is 31.2 Å². The Labute approximate surface area is 192 Å². The summed E-state index contributed by atoms with van der Waals surface area (Å²) >= 11 is 0. The molecule has 0 saturated carbocycles. The van der Waals surface area contributed by atoms with Gasteiger partial charge in [0.2, 0.25) is 0 Å². The van der Waals surface area contributed by atoms with E-state index in [0.29, 0.717) is 20.6 Å². The maximum absolute atomic E-state index is 2.56. The van der Waals surface area contributed by atoms with Gasteiger partial charge in [-0.3, -0.25) is 0 Å². The molecule has 0 aromatic heterocycles. The van der Waals surface area contributed by atoms with E-state index in [2.05, 4.69) is 109 Å². The zero-order chi connectivity index (χ0) is 23.7. The van der Waals surface area contributed by atoms with Crippen LogP contribution in [0.5, 0.6) is 0 Å². The second-order valence-electron chi connectivity index (χ2n) is 11.7. The van der Waals surface area contributed by atoms with Crippen LogP contribution >= 0.6 is 15.8 Å². The molecule has 174 valence electrons. The Bertz CT molecular complexity index is 678. The van der Waals surface area contributed by atoms with E-state index in [0.717, 1.165) is 0 Å². The number of hydrogen-bond acceptors (Lipinski definition) is 0. The Morgan fingerprint density at radius 2 is 0.900 bits per heavy atom. The lowest BCUT2D eigenvalue weighted by Gasteiger charge is -2.51. The van der Waals surface area contributed by atoms with Gasteiger partial charge in [-0.1, -0.05) is 111 Å². The molecule has 2 heteroatoms. The summed E-state index contributed by atoms with van der Waals surface area (Å²) in [4.78, 5) is 0. The Morgan fingerprint density at radius 3 is 1.23 bits per heavy atom. The van der Waals surface area contributed by atoms with Crippen molar-refractivity contribution in [2.24, 2.45) is 0 Å². The van der Waals surface area contributed by atoms with Crippen molar-refractivity contribution in [1.29, 1.82) is 0 Å². The molecule has 0 saturated heterocycles. The summed E-state index contributed by atoms with van der Waals surface area (Å²) in [6, 6.07) is 4.98. The largest absolute Gasteiger partial charge is 0.0645 e. The highest BCUT2D eigenvalue weighted by Crippen LogP contribution is 2.66. The highest BCUT2D eigenvalue weighted by molar-refractivity contribution is 7.74. The molecule has 0 radical (unpaired) electrons. The van der Waals surface area contributed by atoms with Crippen molar-refractivity contribution >= 4 is 26.5 Å². The second-order valence-corrected chi connectivity index (χ2v) is 18.8. The van der Waals surface area contributed by atoms with Crippen LogP contribution in [0, 0.1) is 13.8 Å². The minimum atomic E-state index is -0.321. The molecule has 0 unspecified atom stereocenters. The van der Waals surface area contributed by atoms with E-state index < -0.39 is 0 Å². The molecule has 1 aromatic carbocycles. The van der Waals surface area contributed by atoms with Crippen molar-refractivity contribution in [3.8, 4) is 0 Å². The first-order chi connectivity index (χ1) is 13.5. The van der Waals surface area contributed by atoms with Gasteiger partial charge in [-0.25, -0.2) is 0 Å². The van der Waals surface area contributed by atoms with Crippen LogP contribution in [0.4, 0.5) is 0 Å². The predicted molar refractivity (Wildman–Crippen MR) is 147 cm³/mol. The minimum absolute atomic E-state index is 0.312. The number of hydrogen-bond donors (Lipinski definition) is 0. The molecule has 0 N–H and O–H groups in total. The van der Waals surface area contributed by atoms with Crippen molar-refractivity contribution in [2.45, 2.75) is 143 Å². The van der Waals surface area contributed by atoms with Crippen LogP contribution in [0.3, 0.4) is 0 Å². The molecule has 0 bridgehead atoms. The second kappa shape index (κ2) is 9.92. The molecule has 0 heterocycles. The normalized spacial score (nSPS) is 14.1. The standard InChI is InChI=1S/C28H52P2/c1-15-25(7,8)29(26(9,10)16-2)23-20-19-21(5)22(6)24(23)30(27(11,12)17-3)28(13,14)18-4/h19-20H,15-18H2,1-14H3. The molecule has 0 spiro atoms. The molecule has 0 fully saturated rings. The van der Waals surface area contributed by atoms with Gasteiger partial charge >= 0.3 is 0 Å². The summed E-state index contributed by atoms with van der Waals surface area (Å²) in [6.07, 6.45) is 4.95. The predicted octanol–water partition coefficient (Wildman–Crippen LogP) is 9.27. The molecular weight excluding hydrogens is 398 g/mol. The van der Waals surface area contributed by atoms with E-state index >= 15 is 0 Å². The first-order valence-corrected chi connectivity index (χ1v) is 14.9. The Morgan fingerprint density at radius 1 is 0.567 bits per heavy atom. The van der Waals surface area contributed by atoms with Crippen molar-refractivity contribution in [3.63, 3.8) is 0 Å². The molecule has 30 heavy (non-hydrogen) atoms. The first kappa shape index (κ1) is 28.1. The number of aryl methyl sites for hydroxylation is 1. The van der Waals surface area contributed by atoms with Crippen molar-refractivity contribution in [2.75, 3.05) is 0 Å². The summed E-state index contributed by atoms with van der Waals surface area (Å²) in [5, 5.41) is 4.81. The highest BCUT2D eigenvalue weighted by Gasteiger charge is 2.46. The zero-order valence-corrected chi connectivity index (χ0v) is 24.7. The van der Waals surface area contributed by atoms with Crippen molar-refractivity contribution in [1.82, 2.24) is 0 Å². The molecule has 0 amide bonds. The summed E-state index contributed by atoms with van der Waals surface area (Å²) in [6.45, 7) is 34.7. The lowest BCUT2D eigenvalue weighted by Crippen LogP contribution is -2.45. The van der Waals surface area contributed by atoms with Crippen LogP contribution in [-0.2, 0) is 0 Å². The molecule has 0 nitrogen and oxygen atoms in total. The highest BCUT2D eigenvalue weighted by atomic mass is 31.1. The van der Waals surface area contributed by atoms with Gasteiger partial charge in [0, 0.05) is 0 Å². The van der Waals surface area contributed by atoms with Gasteiger partial charge in [0.05, 0.1) is 0 Å². The number of rotatable bonds is 10. The first-order valence-electron chi connectivity index (χ1n) is 12.2. The lowest BCUT2D eigenvalue weighted by molar-refractivity contribution is 0.607. The van der Waals surface area contributed by atoms with Gasteiger partial charge in [-0.2, -0.15) is 0 Å². The molecular formula is C28H52P2. The summed E-state index contributed by atoms with van der Waals surface area (Å²) in [5.74, 6) is 0. The molecule has 1 rings (SSSR count). The van der Waals surface area contributed by atoms with Gasteiger partial charge in [0.25, 0.3) is 0 Å². The van der Waals surface area contributed by atoms with E-state index in [1.54, 1.807) is 16.2 Å². The topological polar surface area (TPSA) is 0 Å². The third-order valence-corrected chi connectivity index (χ3v) is 16.2. The Hall–Kier alpha value is 0.0800. The van der Waals surface area contributed by atoms with Crippen LogP contribution in [-0.4, -0.2) is 20.6 Å². The van der Waals surface area contributed by atoms with Crippen LogP contribution in [0.15, 0.2) is 12.1 Å². The fourth-order valence-corrected chi connectivity index (χ4v) is 13.9. The SMILES string of the molecule is CCC(C)(C)P(c1ccc(C)c(C)c1P(C(C)(C)CC)C(C)(C)CC)C(C)(C)CC. The maximum atomic E-state index is 2.56. The maximum Gasteiger partial charge on any atom is -0.0108 e. The quantitative estimate of drug-likeness (QED) is 0.312. The summed E-state index contributed by atoms with van der Waals surface area (Å²) in [5.41, 5.74) is 3.05.